The Hall–Kier alpha value is -2.42. The van der Waals surface area contributed by atoms with Gasteiger partial charge in [0.1, 0.15) is 0 Å². The van der Waals surface area contributed by atoms with Crippen molar-refractivity contribution in [3.63, 3.8) is 0 Å². The number of rotatable bonds is 4. The number of sulfone groups is 1. The smallest absolute Gasteiger partial charge is 0.315 e. The van der Waals surface area contributed by atoms with Crippen LogP contribution in [0.2, 0.25) is 0 Å². The highest BCUT2D eigenvalue weighted by molar-refractivity contribution is 7.91. The van der Waals surface area contributed by atoms with E-state index in [1.807, 2.05) is 6.07 Å². The molecule has 0 saturated carbocycles. The first kappa shape index (κ1) is 15.5. The number of urea groups is 1. The molecule has 0 unspecified atom stereocenters. The Labute approximate surface area is 133 Å². The second kappa shape index (κ2) is 6.37. The third-order valence-corrected chi connectivity index (χ3v) is 5.34. The third-order valence-electron chi connectivity index (χ3n) is 3.57. The SMILES string of the molecule is O=C(NCc1ccnc(-n2cccn2)c1)N[C@@H]1CCS(=O)(=O)C1. The number of aromatic nitrogens is 3. The van der Waals surface area contributed by atoms with E-state index in [0.717, 1.165) is 5.56 Å². The Bertz CT molecular complexity index is 789. The van der Waals surface area contributed by atoms with Crippen molar-refractivity contribution in [3.05, 3.63) is 42.4 Å². The van der Waals surface area contributed by atoms with Crippen LogP contribution in [0.3, 0.4) is 0 Å². The summed E-state index contributed by atoms with van der Waals surface area (Å²) in [6.07, 6.45) is 5.56. The zero-order valence-electron chi connectivity index (χ0n) is 12.3. The minimum absolute atomic E-state index is 0.0130. The van der Waals surface area contributed by atoms with Crippen LogP contribution in [-0.4, -0.2) is 46.8 Å². The van der Waals surface area contributed by atoms with E-state index in [2.05, 4.69) is 20.7 Å². The minimum atomic E-state index is -3.00. The minimum Gasteiger partial charge on any atom is -0.334 e. The fourth-order valence-electron chi connectivity index (χ4n) is 2.43. The standard InChI is InChI=1S/C14H17N5O3S/c20-14(18-12-3-7-23(21,22)10-12)16-9-11-2-5-15-13(8-11)19-6-1-4-17-19/h1-2,4-6,8,12H,3,7,9-10H2,(H2,16,18,20)/t12-/m1/s1. The molecule has 1 fully saturated rings. The number of hydrogen-bond acceptors (Lipinski definition) is 5. The molecule has 2 aromatic rings. The highest BCUT2D eigenvalue weighted by Gasteiger charge is 2.28. The van der Waals surface area contributed by atoms with Crippen LogP contribution in [0.5, 0.6) is 0 Å². The molecular weight excluding hydrogens is 318 g/mol. The van der Waals surface area contributed by atoms with Gasteiger partial charge in [-0.05, 0) is 30.2 Å². The van der Waals surface area contributed by atoms with Crippen LogP contribution in [0, 0.1) is 0 Å². The maximum Gasteiger partial charge on any atom is 0.315 e. The largest absolute Gasteiger partial charge is 0.334 e. The zero-order valence-corrected chi connectivity index (χ0v) is 13.2. The molecule has 2 aromatic heterocycles. The van der Waals surface area contributed by atoms with Crippen molar-refractivity contribution in [1.82, 2.24) is 25.4 Å². The van der Waals surface area contributed by atoms with Gasteiger partial charge in [-0.15, -0.1) is 0 Å². The fourth-order valence-corrected chi connectivity index (χ4v) is 4.10. The summed E-state index contributed by atoms with van der Waals surface area (Å²) in [4.78, 5) is 16.1. The fraction of sp³-hybridized carbons (Fsp3) is 0.357. The predicted molar refractivity (Wildman–Crippen MR) is 83.8 cm³/mol. The summed E-state index contributed by atoms with van der Waals surface area (Å²) in [6.45, 7) is 0.322. The van der Waals surface area contributed by atoms with E-state index in [4.69, 9.17) is 0 Å². The predicted octanol–water partition coefficient (Wildman–Crippen LogP) is 0.254. The van der Waals surface area contributed by atoms with Crippen LogP contribution in [-0.2, 0) is 16.4 Å². The summed E-state index contributed by atoms with van der Waals surface area (Å²) in [5.41, 5.74) is 0.875. The van der Waals surface area contributed by atoms with Crippen molar-refractivity contribution in [1.29, 1.82) is 0 Å². The lowest BCUT2D eigenvalue weighted by Crippen LogP contribution is -2.42. The third kappa shape index (κ3) is 4.07. The highest BCUT2D eigenvalue weighted by Crippen LogP contribution is 2.11. The number of pyridine rings is 1. The van der Waals surface area contributed by atoms with Gasteiger partial charge in [0, 0.05) is 31.2 Å². The first-order chi connectivity index (χ1) is 11.0. The van der Waals surface area contributed by atoms with Gasteiger partial charge in [0.25, 0.3) is 0 Å². The van der Waals surface area contributed by atoms with E-state index in [-0.39, 0.29) is 23.6 Å². The normalized spacial score (nSPS) is 19.4. The van der Waals surface area contributed by atoms with Crippen molar-refractivity contribution in [2.24, 2.45) is 0 Å². The summed E-state index contributed by atoms with van der Waals surface area (Å²) in [7, 11) is -3.00. The number of nitrogens with zero attached hydrogens (tertiary/aromatic N) is 3. The number of carbonyl (C=O) groups is 1. The summed E-state index contributed by atoms with van der Waals surface area (Å²) >= 11 is 0. The second-order valence-corrected chi connectivity index (χ2v) is 7.63. The Morgan fingerprint density at radius 1 is 1.39 bits per heavy atom. The highest BCUT2D eigenvalue weighted by atomic mass is 32.2. The molecule has 0 radical (unpaired) electrons. The molecule has 0 aromatic carbocycles. The monoisotopic (exact) mass is 335 g/mol. The van der Waals surface area contributed by atoms with Gasteiger partial charge < -0.3 is 10.6 Å². The van der Waals surface area contributed by atoms with E-state index in [0.29, 0.717) is 18.8 Å². The van der Waals surface area contributed by atoms with E-state index < -0.39 is 9.84 Å². The molecule has 2 N–H and O–H groups in total. The van der Waals surface area contributed by atoms with Gasteiger partial charge in [0.2, 0.25) is 0 Å². The van der Waals surface area contributed by atoms with Crippen molar-refractivity contribution in [3.8, 4) is 5.82 Å². The quantitative estimate of drug-likeness (QED) is 0.833. The molecule has 9 heteroatoms. The Balaban J connectivity index is 1.54. The average Bonchev–Trinajstić information content (AvgIpc) is 3.15. The molecular formula is C14H17N5O3S. The van der Waals surface area contributed by atoms with E-state index in [1.54, 1.807) is 35.4 Å². The first-order valence-electron chi connectivity index (χ1n) is 7.21. The number of amides is 2. The van der Waals surface area contributed by atoms with Gasteiger partial charge in [-0.3, -0.25) is 0 Å². The van der Waals surface area contributed by atoms with Crippen molar-refractivity contribution in [2.45, 2.75) is 19.0 Å². The van der Waals surface area contributed by atoms with Crippen molar-refractivity contribution < 1.29 is 13.2 Å². The maximum atomic E-state index is 11.8. The van der Waals surface area contributed by atoms with E-state index >= 15 is 0 Å². The lowest BCUT2D eigenvalue weighted by atomic mass is 10.2. The lowest BCUT2D eigenvalue weighted by Gasteiger charge is -2.12. The molecule has 1 atom stereocenters. The first-order valence-corrected chi connectivity index (χ1v) is 9.04. The van der Waals surface area contributed by atoms with Crippen LogP contribution >= 0.6 is 0 Å². The lowest BCUT2D eigenvalue weighted by molar-refractivity contribution is 0.237. The molecule has 23 heavy (non-hydrogen) atoms. The van der Waals surface area contributed by atoms with E-state index in [1.165, 1.54) is 0 Å². The molecule has 0 aliphatic carbocycles. The van der Waals surface area contributed by atoms with Crippen LogP contribution in [0.15, 0.2) is 36.8 Å². The van der Waals surface area contributed by atoms with E-state index in [9.17, 15) is 13.2 Å². The molecule has 0 bridgehead atoms. The Morgan fingerprint density at radius 3 is 2.96 bits per heavy atom. The van der Waals surface area contributed by atoms with Crippen LogP contribution in [0.4, 0.5) is 4.79 Å². The summed E-state index contributed by atoms with van der Waals surface area (Å²) < 4.78 is 24.4. The van der Waals surface area contributed by atoms with Gasteiger partial charge in [0.15, 0.2) is 15.7 Å². The summed E-state index contributed by atoms with van der Waals surface area (Å²) in [5, 5.41) is 9.51. The van der Waals surface area contributed by atoms with Gasteiger partial charge in [-0.25, -0.2) is 22.9 Å². The van der Waals surface area contributed by atoms with Crippen molar-refractivity contribution in [2.75, 3.05) is 11.5 Å². The van der Waals surface area contributed by atoms with Crippen molar-refractivity contribution >= 4 is 15.9 Å². The summed E-state index contributed by atoms with van der Waals surface area (Å²) in [6, 6.07) is 4.75. The van der Waals surface area contributed by atoms with Gasteiger partial charge in [-0.2, -0.15) is 5.10 Å². The Morgan fingerprint density at radius 2 is 2.26 bits per heavy atom. The Kier molecular flexibility index (Phi) is 4.28. The molecule has 1 aliphatic rings. The second-order valence-electron chi connectivity index (χ2n) is 5.40. The molecule has 2 amide bonds. The maximum absolute atomic E-state index is 11.8. The van der Waals surface area contributed by atoms with Gasteiger partial charge in [-0.1, -0.05) is 0 Å². The molecule has 122 valence electrons. The average molecular weight is 335 g/mol. The van der Waals surface area contributed by atoms with Gasteiger partial charge in [0.05, 0.1) is 11.5 Å². The molecule has 3 rings (SSSR count). The van der Waals surface area contributed by atoms with Gasteiger partial charge >= 0.3 is 6.03 Å². The molecule has 3 heterocycles. The molecule has 0 spiro atoms. The van der Waals surface area contributed by atoms with Crippen LogP contribution in [0.1, 0.15) is 12.0 Å². The number of nitrogens with one attached hydrogen (secondary N) is 2. The topological polar surface area (TPSA) is 106 Å². The molecule has 1 aliphatic heterocycles. The number of carbonyl (C=O) groups excluding carboxylic acids is 1. The van der Waals surface area contributed by atoms with Crippen LogP contribution < -0.4 is 10.6 Å². The molecule has 8 nitrogen and oxygen atoms in total. The summed E-state index contributed by atoms with van der Waals surface area (Å²) in [5.74, 6) is 0.811. The number of hydrogen-bond donors (Lipinski definition) is 2. The zero-order chi connectivity index (χ0) is 16.3. The van der Waals surface area contributed by atoms with Crippen LogP contribution in [0.25, 0.3) is 5.82 Å². The molecule has 1 saturated heterocycles.